The highest BCUT2D eigenvalue weighted by Gasteiger charge is 2.44. The van der Waals surface area contributed by atoms with Gasteiger partial charge in [0.05, 0.1) is 0 Å². The molecule has 2 aromatic carbocycles. The first kappa shape index (κ1) is 21.7. The van der Waals surface area contributed by atoms with Crippen LogP contribution in [0.5, 0.6) is 0 Å². The van der Waals surface area contributed by atoms with E-state index in [9.17, 15) is 4.79 Å². The lowest BCUT2D eigenvalue weighted by molar-refractivity contribution is 0.0909. The lowest BCUT2D eigenvalue weighted by Gasteiger charge is -2.37. The summed E-state index contributed by atoms with van der Waals surface area (Å²) in [5.41, 5.74) is 5.84. The summed E-state index contributed by atoms with van der Waals surface area (Å²) in [6.45, 7) is 7.65. The number of hydrogen-bond acceptors (Lipinski definition) is 5. The number of benzene rings is 2. The van der Waals surface area contributed by atoms with Crippen LogP contribution in [0, 0.1) is 11.3 Å². The molecule has 0 spiro atoms. The van der Waals surface area contributed by atoms with E-state index in [0.29, 0.717) is 11.6 Å². The second-order valence-electron chi connectivity index (χ2n) is 8.90. The molecule has 7 heteroatoms. The summed E-state index contributed by atoms with van der Waals surface area (Å²) in [5.74, 6) is -0.161. The summed E-state index contributed by atoms with van der Waals surface area (Å²) in [6.07, 6.45) is 0.888. The molecule has 2 heterocycles. The molecule has 1 amide bonds. The maximum absolute atomic E-state index is 11.6. The number of carbonyl (C=O) groups excluding carboxylic acids is 1. The van der Waals surface area contributed by atoms with Gasteiger partial charge in [0.25, 0.3) is 14.9 Å². The van der Waals surface area contributed by atoms with E-state index in [1.54, 1.807) is 5.38 Å². The fourth-order valence-corrected chi connectivity index (χ4v) is 7.08. The fourth-order valence-electron chi connectivity index (χ4n) is 4.09. The van der Waals surface area contributed by atoms with E-state index >= 15 is 0 Å². The normalized spacial score (nSPS) is 19.2. The number of hydrogen-bond donors (Lipinski definition) is 1. The predicted molar refractivity (Wildman–Crippen MR) is 128 cm³/mol. The van der Waals surface area contributed by atoms with Crippen molar-refractivity contribution < 1.29 is 9.22 Å². The van der Waals surface area contributed by atoms with Crippen molar-refractivity contribution in [3.63, 3.8) is 0 Å². The van der Waals surface area contributed by atoms with E-state index in [0.717, 1.165) is 18.1 Å². The van der Waals surface area contributed by atoms with Crippen LogP contribution in [0.15, 0.2) is 66.0 Å². The van der Waals surface area contributed by atoms with Crippen molar-refractivity contribution in [3.05, 3.63) is 71.7 Å². The molecule has 2 N–H and O–H groups in total. The number of anilines is 1. The number of nitrogens with two attached hydrogens (primary N) is 1. The highest BCUT2D eigenvalue weighted by Crippen LogP contribution is 2.42. The Morgan fingerprint density at radius 3 is 2.16 bits per heavy atom. The average Bonchev–Trinajstić information content (AvgIpc) is 3.40. The van der Waals surface area contributed by atoms with Crippen LogP contribution in [0.1, 0.15) is 37.7 Å². The number of amides is 1. The molecule has 5 nitrogen and oxygen atoms in total. The molecule has 0 aliphatic carbocycles. The Labute approximate surface area is 189 Å². The molecule has 1 radical (unpaired) electrons. The number of thiazole rings is 1. The Kier molecular flexibility index (Phi) is 6.27. The number of primary amides is 1. The maximum Gasteiger partial charge on any atom is 0.285 e. The van der Waals surface area contributed by atoms with Gasteiger partial charge >= 0.3 is 0 Å². The molecule has 1 aliphatic heterocycles. The van der Waals surface area contributed by atoms with Crippen LogP contribution in [0.3, 0.4) is 0 Å². The molecular weight excluding hydrogens is 422 g/mol. The van der Waals surface area contributed by atoms with Gasteiger partial charge in [-0.25, -0.2) is 4.98 Å². The van der Waals surface area contributed by atoms with E-state index in [4.69, 9.17) is 10.2 Å². The van der Waals surface area contributed by atoms with E-state index in [1.807, 2.05) is 12.1 Å². The van der Waals surface area contributed by atoms with Gasteiger partial charge in [-0.05, 0) is 22.2 Å². The van der Waals surface area contributed by atoms with Gasteiger partial charge in [-0.3, -0.25) is 4.79 Å². The first-order chi connectivity index (χ1) is 14.8. The number of rotatable bonds is 6. The summed E-state index contributed by atoms with van der Waals surface area (Å²) in [7, 11) is -1.48. The second kappa shape index (κ2) is 8.94. The molecule has 0 bridgehead atoms. The minimum atomic E-state index is -1.48. The first-order valence-corrected chi connectivity index (χ1v) is 12.8. The SMILES string of the molecule is CC(C)(C)[C@H]1CCN(c2nc(C(N)=O)cs2)C1O[Si](c1ccccc1)c1ccccc1. The number of carbonyl (C=O) groups is 1. The summed E-state index contributed by atoms with van der Waals surface area (Å²) in [5, 5.41) is 4.97. The van der Waals surface area contributed by atoms with Crippen LogP contribution in [-0.4, -0.2) is 32.7 Å². The molecule has 0 saturated carbocycles. The zero-order chi connectivity index (χ0) is 22.0. The lowest BCUT2D eigenvalue weighted by atomic mass is 9.79. The van der Waals surface area contributed by atoms with Crippen molar-refractivity contribution in [3.8, 4) is 0 Å². The van der Waals surface area contributed by atoms with Gasteiger partial charge in [-0.1, -0.05) is 81.4 Å². The van der Waals surface area contributed by atoms with Crippen LogP contribution in [-0.2, 0) is 4.43 Å². The summed E-state index contributed by atoms with van der Waals surface area (Å²) >= 11 is 1.46. The van der Waals surface area contributed by atoms with Gasteiger partial charge in [-0.2, -0.15) is 0 Å². The molecule has 2 atom stereocenters. The fraction of sp³-hybridized carbons (Fsp3) is 0.333. The first-order valence-electron chi connectivity index (χ1n) is 10.5. The molecule has 1 aromatic heterocycles. The second-order valence-corrected chi connectivity index (χ2v) is 11.8. The number of aromatic nitrogens is 1. The van der Waals surface area contributed by atoms with Crippen LogP contribution < -0.4 is 21.0 Å². The Balaban J connectivity index is 1.72. The predicted octanol–water partition coefficient (Wildman–Crippen LogP) is 3.26. The molecule has 3 aromatic rings. The molecule has 4 rings (SSSR count). The quantitative estimate of drug-likeness (QED) is 0.586. The Hall–Kier alpha value is -2.48. The van der Waals surface area contributed by atoms with Crippen molar-refractivity contribution in [2.24, 2.45) is 17.1 Å². The minimum absolute atomic E-state index is 0.0730. The van der Waals surface area contributed by atoms with Crippen LogP contribution in [0.4, 0.5) is 5.13 Å². The lowest BCUT2D eigenvalue weighted by Crippen LogP contribution is -2.52. The highest BCUT2D eigenvalue weighted by molar-refractivity contribution is 7.14. The van der Waals surface area contributed by atoms with Gasteiger partial charge in [0.2, 0.25) is 0 Å². The van der Waals surface area contributed by atoms with Crippen molar-refractivity contribution in [1.82, 2.24) is 4.98 Å². The zero-order valence-electron chi connectivity index (χ0n) is 18.1. The minimum Gasteiger partial charge on any atom is -0.387 e. The van der Waals surface area contributed by atoms with Crippen LogP contribution in [0.2, 0.25) is 0 Å². The van der Waals surface area contributed by atoms with Crippen molar-refractivity contribution >= 4 is 41.8 Å². The van der Waals surface area contributed by atoms with Gasteiger partial charge in [0.1, 0.15) is 11.9 Å². The Morgan fingerprint density at radius 1 is 1.10 bits per heavy atom. The Bertz CT molecular complexity index is 981. The molecule has 31 heavy (non-hydrogen) atoms. The summed E-state index contributed by atoms with van der Waals surface area (Å²) in [6, 6.07) is 21.0. The molecule has 1 saturated heterocycles. The van der Waals surface area contributed by atoms with E-state index < -0.39 is 14.9 Å². The monoisotopic (exact) mass is 450 g/mol. The van der Waals surface area contributed by atoms with E-state index in [2.05, 4.69) is 79.2 Å². The third kappa shape index (κ3) is 4.73. The third-order valence-electron chi connectivity index (χ3n) is 5.75. The Morgan fingerprint density at radius 2 is 1.68 bits per heavy atom. The topological polar surface area (TPSA) is 68.5 Å². The van der Waals surface area contributed by atoms with Crippen LogP contribution >= 0.6 is 11.3 Å². The van der Waals surface area contributed by atoms with Crippen molar-refractivity contribution in [2.75, 3.05) is 11.4 Å². The van der Waals surface area contributed by atoms with Crippen molar-refractivity contribution in [1.29, 1.82) is 0 Å². The molecule has 161 valence electrons. The van der Waals surface area contributed by atoms with Gasteiger partial charge in [0.15, 0.2) is 5.13 Å². The van der Waals surface area contributed by atoms with E-state index in [-0.39, 0.29) is 11.6 Å². The maximum atomic E-state index is 11.6. The third-order valence-corrected chi connectivity index (χ3v) is 8.82. The highest BCUT2D eigenvalue weighted by atomic mass is 32.1. The van der Waals surface area contributed by atoms with Gasteiger partial charge in [0, 0.05) is 17.8 Å². The average molecular weight is 451 g/mol. The molecule has 1 aliphatic rings. The van der Waals surface area contributed by atoms with Crippen molar-refractivity contribution in [2.45, 2.75) is 33.4 Å². The number of nitrogens with zero attached hydrogens (tertiary/aromatic N) is 2. The summed E-state index contributed by atoms with van der Waals surface area (Å²) in [4.78, 5) is 18.3. The van der Waals surface area contributed by atoms with Crippen LogP contribution in [0.25, 0.3) is 0 Å². The standard InChI is InChI=1S/C24H28N3O2SSi/c1-24(2,3)19-14-15-27(23-26-20(16-30-23)21(25)28)22(19)29-31(17-10-6-4-7-11-17)18-12-8-5-9-13-18/h4-13,16,19,22H,14-15H2,1-3H3,(H2,25,28)/t19-,22?/m0/s1. The van der Waals surface area contributed by atoms with Gasteiger partial charge in [-0.15, -0.1) is 11.3 Å². The zero-order valence-corrected chi connectivity index (χ0v) is 19.9. The summed E-state index contributed by atoms with van der Waals surface area (Å²) < 4.78 is 7.04. The molecule has 1 unspecified atom stereocenters. The molecular formula is C24H28N3O2SSi. The van der Waals surface area contributed by atoms with Gasteiger partial charge < -0.3 is 15.1 Å². The largest absolute Gasteiger partial charge is 0.387 e. The molecule has 1 fully saturated rings. The smallest absolute Gasteiger partial charge is 0.285 e. The van der Waals surface area contributed by atoms with E-state index in [1.165, 1.54) is 21.7 Å².